The van der Waals surface area contributed by atoms with Crippen molar-refractivity contribution >= 4 is 28.3 Å². The third kappa shape index (κ3) is 1.98. The second-order valence-electron chi connectivity index (χ2n) is 4.19. The summed E-state index contributed by atoms with van der Waals surface area (Å²) in [7, 11) is 0. The molecule has 0 atom stereocenters. The lowest BCUT2D eigenvalue weighted by atomic mass is 10.2. The molecule has 18 heavy (non-hydrogen) atoms. The molecule has 1 aliphatic rings. The molecule has 5 heteroatoms. The van der Waals surface area contributed by atoms with Gasteiger partial charge in [-0.2, -0.15) is 0 Å². The van der Waals surface area contributed by atoms with E-state index in [1.54, 1.807) is 18.2 Å². The maximum absolute atomic E-state index is 12.4. The molecule has 4 nitrogen and oxygen atoms in total. The summed E-state index contributed by atoms with van der Waals surface area (Å²) < 4.78 is 10.8. The van der Waals surface area contributed by atoms with E-state index in [-0.39, 0.29) is 5.43 Å². The second-order valence-corrected chi connectivity index (χ2v) is 4.63. The summed E-state index contributed by atoms with van der Waals surface area (Å²) in [5, 5.41) is 1.06. The summed E-state index contributed by atoms with van der Waals surface area (Å²) in [6.07, 6.45) is 1.52. The number of anilines is 1. The molecule has 1 aromatic carbocycles. The molecule has 94 valence electrons. The Morgan fingerprint density at radius 2 is 2.00 bits per heavy atom. The van der Waals surface area contributed by atoms with E-state index in [1.807, 2.05) is 4.90 Å². The van der Waals surface area contributed by atoms with Gasteiger partial charge in [0, 0.05) is 18.1 Å². The fraction of sp³-hybridized carbons (Fsp3) is 0.308. The number of morpholine rings is 1. The van der Waals surface area contributed by atoms with E-state index < -0.39 is 0 Å². The van der Waals surface area contributed by atoms with Crippen molar-refractivity contribution in [3.8, 4) is 0 Å². The smallest absolute Gasteiger partial charge is 0.216 e. The standard InChI is InChI=1S/C13H12ClNO3/c14-9-1-2-12-10(7-9)13(16)11(8-18-12)15-3-5-17-6-4-15/h1-2,7-8H,3-6H2. The van der Waals surface area contributed by atoms with Gasteiger partial charge in [0.2, 0.25) is 5.43 Å². The lowest BCUT2D eigenvalue weighted by Crippen LogP contribution is -2.38. The minimum atomic E-state index is -0.0411. The third-order valence-electron chi connectivity index (χ3n) is 3.07. The Balaban J connectivity index is 2.13. The molecule has 0 saturated carbocycles. The van der Waals surface area contributed by atoms with Crippen LogP contribution in [-0.2, 0) is 4.74 Å². The van der Waals surface area contributed by atoms with Gasteiger partial charge in [-0.3, -0.25) is 4.79 Å². The zero-order valence-corrected chi connectivity index (χ0v) is 10.4. The predicted molar refractivity (Wildman–Crippen MR) is 70.5 cm³/mol. The van der Waals surface area contributed by atoms with Gasteiger partial charge in [0.1, 0.15) is 17.5 Å². The molecular weight excluding hydrogens is 254 g/mol. The molecule has 1 saturated heterocycles. The van der Waals surface area contributed by atoms with Crippen molar-refractivity contribution in [2.45, 2.75) is 0 Å². The van der Waals surface area contributed by atoms with Gasteiger partial charge < -0.3 is 14.1 Å². The summed E-state index contributed by atoms with van der Waals surface area (Å²) in [4.78, 5) is 14.4. The van der Waals surface area contributed by atoms with Crippen molar-refractivity contribution in [3.63, 3.8) is 0 Å². The first-order valence-electron chi connectivity index (χ1n) is 5.79. The van der Waals surface area contributed by atoms with Gasteiger partial charge in [-0.15, -0.1) is 0 Å². The summed E-state index contributed by atoms with van der Waals surface area (Å²) in [6, 6.07) is 5.07. The quantitative estimate of drug-likeness (QED) is 0.793. The molecule has 0 N–H and O–H groups in total. The average molecular weight is 266 g/mol. The maximum atomic E-state index is 12.4. The SMILES string of the molecule is O=c1c(N2CCOCC2)coc2ccc(Cl)cc12. The highest BCUT2D eigenvalue weighted by Crippen LogP contribution is 2.20. The van der Waals surface area contributed by atoms with Crippen LogP contribution >= 0.6 is 11.6 Å². The van der Waals surface area contributed by atoms with Crippen molar-refractivity contribution in [1.82, 2.24) is 0 Å². The van der Waals surface area contributed by atoms with Crippen LogP contribution in [0.1, 0.15) is 0 Å². The number of ether oxygens (including phenoxy) is 1. The molecule has 0 amide bonds. The first kappa shape index (κ1) is 11.6. The molecule has 1 aliphatic heterocycles. The van der Waals surface area contributed by atoms with E-state index in [0.717, 1.165) is 0 Å². The van der Waals surface area contributed by atoms with Crippen LogP contribution < -0.4 is 10.3 Å². The first-order chi connectivity index (χ1) is 8.75. The predicted octanol–water partition coefficient (Wildman–Crippen LogP) is 2.28. The van der Waals surface area contributed by atoms with Crippen LogP contribution in [0.2, 0.25) is 5.02 Å². The van der Waals surface area contributed by atoms with Gasteiger partial charge >= 0.3 is 0 Å². The van der Waals surface area contributed by atoms with Crippen LogP contribution in [0.3, 0.4) is 0 Å². The summed E-state index contributed by atoms with van der Waals surface area (Å²) in [5.74, 6) is 0. The minimum Gasteiger partial charge on any atom is -0.462 e. The van der Waals surface area contributed by atoms with Crippen LogP contribution in [0.15, 0.2) is 33.7 Å². The van der Waals surface area contributed by atoms with E-state index in [9.17, 15) is 4.79 Å². The largest absolute Gasteiger partial charge is 0.462 e. The highest BCUT2D eigenvalue weighted by Gasteiger charge is 2.16. The van der Waals surface area contributed by atoms with E-state index in [2.05, 4.69) is 0 Å². The third-order valence-corrected chi connectivity index (χ3v) is 3.30. The Kier molecular flexibility index (Phi) is 2.97. The first-order valence-corrected chi connectivity index (χ1v) is 6.17. The molecule has 1 fully saturated rings. The molecule has 0 bridgehead atoms. The zero-order valence-electron chi connectivity index (χ0n) is 9.69. The number of hydrogen-bond acceptors (Lipinski definition) is 4. The van der Waals surface area contributed by atoms with Gasteiger partial charge in [0.25, 0.3) is 0 Å². The fourth-order valence-electron chi connectivity index (χ4n) is 2.12. The van der Waals surface area contributed by atoms with E-state index in [1.165, 1.54) is 6.26 Å². The van der Waals surface area contributed by atoms with Crippen molar-refractivity contribution in [2.75, 3.05) is 31.2 Å². The Labute approximate surface area is 109 Å². The number of nitrogens with zero attached hydrogens (tertiary/aromatic N) is 1. The van der Waals surface area contributed by atoms with Crippen molar-refractivity contribution in [1.29, 1.82) is 0 Å². The summed E-state index contributed by atoms with van der Waals surface area (Å²) in [5.41, 5.74) is 1.09. The molecule has 2 heterocycles. The molecule has 0 spiro atoms. The van der Waals surface area contributed by atoms with E-state index >= 15 is 0 Å². The molecule has 2 aromatic rings. The van der Waals surface area contributed by atoms with Crippen molar-refractivity contribution in [2.24, 2.45) is 0 Å². The molecule has 0 aliphatic carbocycles. The minimum absolute atomic E-state index is 0.0411. The summed E-state index contributed by atoms with van der Waals surface area (Å²) in [6.45, 7) is 2.67. The highest BCUT2D eigenvalue weighted by atomic mass is 35.5. The van der Waals surface area contributed by atoms with E-state index in [0.29, 0.717) is 48.0 Å². The van der Waals surface area contributed by atoms with Crippen LogP contribution in [-0.4, -0.2) is 26.3 Å². The number of hydrogen-bond donors (Lipinski definition) is 0. The fourth-order valence-corrected chi connectivity index (χ4v) is 2.29. The maximum Gasteiger partial charge on any atom is 0.216 e. The van der Waals surface area contributed by atoms with E-state index in [4.69, 9.17) is 20.8 Å². The topological polar surface area (TPSA) is 42.7 Å². The monoisotopic (exact) mass is 265 g/mol. The molecule has 3 rings (SSSR count). The molecule has 0 radical (unpaired) electrons. The summed E-state index contributed by atoms with van der Waals surface area (Å²) >= 11 is 5.91. The number of halogens is 1. The molecular formula is C13H12ClNO3. The van der Waals surface area contributed by atoms with Gasteiger partial charge in [-0.05, 0) is 18.2 Å². The lowest BCUT2D eigenvalue weighted by molar-refractivity contribution is 0.122. The van der Waals surface area contributed by atoms with Gasteiger partial charge in [0.15, 0.2) is 0 Å². The van der Waals surface area contributed by atoms with Crippen LogP contribution in [0.5, 0.6) is 0 Å². The van der Waals surface area contributed by atoms with Crippen LogP contribution in [0.4, 0.5) is 5.69 Å². The van der Waals surface area contributed by atoms with Gasteiger partial charge in [-0.1, -0.05) is 11.6 Å². The Morgan fingerprint density at radius 1 is 1.22 bits per heavy atom. The number of rotatable bonds is 1. The zero-order chi connectivity index (χ0) is 12.5. The van der Waals surface area contributed by atoms with Gasteiger partial charge in [-0.25, -0.2) is 0 Å². The Bertz CT molecular complexity index is 632. The highest BCUT2D eigenvalue weighted by molar-refractivity contribution is 6.31. The van der Waals surface area contributed by atoms with Crippen LogP contribution in [0, 0.1) is 0 Å². The number of fused-ring (bicyclic) bond motifs is 1. The van der Waals surface area contributed by atoms with Crippen molar-refractivity contribution < 1.29 is 9.15 Å². The normalized spacial score (nSPS) is 16.2. The number of benzene rings is 1. The van der Waals surface area contributed by atoms with Crippen LogP contribution in [0.25, 0.3) is 11.0 Å². The second kappa shape index (κ2) is 4.63. The lowest BCUT2D eigenvalue weighted by Gasteiger charge is -2.27. The average Bonchev–Trinajstić information content (AvgIpc) is 2.41. The Hall–Kier alpha value is -1.52. The van der Waals surface area contributed by atoms with Crippen molar-refractivity contribution in [3.05, 3.63) is 39.7 Å². The molecule has 1 aromatic heterocycles. The Morgan fingerprint density at radius 3 is 2.78 bits per heavy atom. The van der Waals surface area contributed by atoms with Gasteiger partial charge in [0.05, 0.1) is 18.6 Å². The molecule has 0 unspecified atom stereocenters.